The Balaban J connectivity index is 2.09. The fraction of sp³-hybridized carbons (Fsp3) is 0.455. The van der Waals surface area contributed by atoms with E-state index in [0.717, 1.165) is 17.3 Å². The average Bonchev–Trinajstić information content (AvgIpc) is 2.75. The van der Waals surface area contributed by atoms with Crippen LogP contribution in [0.5, 0.6) is 0 Å². The summed E-state index contributed by atoms with van der Waals surface area (Å²) < 4.78 is 32.5. The Labute approximate surface area is 120 Å². The van der Waals surface area contributed by atoms with Crippen molar-refractivity contribution in [2.45, 2.75) is 18.9 Å². The maximum Gasteiger partial charge on any atom is 0.235 e. The fourth-order valence-corrected chi connectivity index (χ4v) is 3.73. The van der Waals surface area contributed by atoms with Gasteiger partial charge in [-0.15, -0.1) is 0 Å². The quantitative estimate of drug-likeness (QED) is 0.904. The molecule has 2 rings (SSSR count). The average molecular weight is 355 g/mol. The molecule has 1 N–H and O–H groups in total. The number of ether oxygens (including phenoxy) is 1. The number of rotatable bonds is 4. The minimum absolute atomic E-state index is 0.0319. The first-order valence-corrected chi connectivity index (χ1v) is 8.36. The number of anilines is 1. The molecule has 100 valence electrons. The molecule has 1 saturated heterocycles. The van der Waals surface area contributed by atoms with Gasteiger partial charge >= 0.3 is 0 Å². The van der Waals surface area contributed by atoms with Crippen LogP contribution in [-0.2, 0) is 14.8 Å². The normalized spacial score (nSPS) is 20.0. The topological polar surface area (TPSA) is 55.4 Å². The maximum absolute atomic E-state index is 12.0. The van der Waals surface area contributed by atoms with Crippen molar-refractivity contribution >= 4 is 43.2 Å². The maximum atomic E-state index is 12.0. The van der Waals surface area contributed by atoms with Gasteiger partial charge in [-0.3, -0.25) is 4.72 Å². The van der Waals surface area contributed by atoms with E-state index in [4.69, 9.17) is 16.3 Å². The summed E-state index contributed by atoms with van der Waals surface area (Å²) in [6.45, 7) is 0.637. The first-order valence-electron chi connectivity index (χ1n) is 5.53. The van der Waals surface area contributed by atoms with E-state index >= 15 is 0 Å². The van der Waals surface area contributed by atoms with E-state index in [1.807, 2.05) is 0 Å². The molecule has 0 aromatic heterocycles. The van der Waals surface area contributed by atoms with Crippen LogP contribution in [0.4, 0.5) is 5.69 Å². The Morgan fingerprint density at radius 2 is 2.28 bits per heavy atom. The van der Waals surface area contributed by atoms with E-state index in [-0.39, 0.29) is 11.9 Å². The van der Waals surface area contributed by atoms with Gasteiger partial charge < -0.3 is 4.74 Å². The number of sulfonamides is 1. The molecule has 4 nitrogen and oxygen atoms in total. The third-order valence-corrected chi connectivity index (χ3v) is 4.79. The van der Waals surface area contributed by atoms with E-state index in [0.29, 0.717) is 17.3 Å². The van der Waals surface area contributed by atoms with Crippen LogP contribution >= 0.6 is 27.5 Å². The van der Waals surface area contributed by atoms with E-state index in [1.54, 1.807) is 18.2 Å². The van der Waals surface area contributed by atoms with Gasteiger partial charge in [-0.25, -0.2) is 8.42 Å². The molecule has 7 heteroatoms. The number of hydrogen-bond donors (Lipinski definition) is 1. The minimum Gasteiger partial charge on any atom is -0.377 e. The van der Waals surface area contributed by atoms with Crippen molar-refractivity contribution in [3.8, 4) is 0 Å². The molecule has 1 aromatic rings. The molecular weight excluding hydrogens is 342 g/mol. The monoisotopic (exact) mass is 353 g/mol. The smallest absolute Gasteiger partial charge is 0.235 e. The van der Waals surface area contributed by atoms with E-state index < -0.39 is 10.0 Å². The van der Waals surface area contributed by atoms with Crippen molar-refractivity contribution in [3.63, 3.8) is 0 Å². The van der Waals surface area contributed by atoms with E-state index in [2.05, 4.69) is 20.7 Å². The van der Waals surface area contributed by atoms with Crippen molar-refractivity contribution in [2.75, 3.05) is 17.1 Å². The fourth-order valence-electron chi connectivity index (χ4n) is 1.81. The Bertz CT molecular complexity index is 529. The highest BCUT2D eigenvalue weighted by Crippen LogP contribution is 2.27. The van der Waals surface area contributed by atoms with E-state index in [9.17, 15) is 8.42 Å². The second-order valence-electron chi connectivity index (χ2n) is 4.14. The predicted molar refractivity (Wildman–Crippen MR) is 75.5 cm³/mol. The van der Waals surface area contributed by atoms with Gasteiger partial charge in [0.15, 0.2) is 0 Å². The van der Waals surface area contributed by atoms with Gasteiger partial charge in [0.1, 0.15) is 0 Å². The zero-order valence-electron chi connectivity index (χ0n) is 9.53. The molecule has 0 saturated carbocycles. The molecule has 1 unspecified atom stereocenters. The van der Waals surface area contributed by atoms with Crippen molar-refractivity contribution in [1.29, 1.82) is 0 Å². The van der Waals surface area contributed by atoms with Crippen LogP contribution in [0.2, 0.25) is 5.02 Å². The third kappa shape index (κ3) is 3.85. The largest absolute Gasteiger partial charge is 0.377 e. The molecule has 0 amide bonds. The Morgan fingerprint density at radius 3 is 2.94 bits per heavy atom. The van der Waals surface area contributed by atoms with Crippen LogP contribution in [0.3, 0.4) is 0 Å². The van der Waals surface area contributed by atoms with Crippen LogP contribution in [0.25, 0.3) is 0 Å². The predicted octanol–water partition coefficient (Wildman–Crippen LogP) is 3.02. The second-order valence-corrected chi connectivity index (χ2v) is 7.23. The summed E-state index contributed by atoms with van der Waals surface area (Å²) in [6, 6.07) is 5.02. The molecule has 0 bridgehead atoms. The second kappa shape index (κ2) is 5.77. The van der Waals surface area contributed by atoms with Gasteiger partial charge in [0.25, 0.3) is 0 Å². The summed E-state index contributed by atoms with van der Waals surface area (Å²) in [4.78, 5) is 0. The van der Waals surface area contributed by atoms with Crippen molar-refractivity contribution in [1.82, 2.24) is 0 Å². The summed E-state index contributed by atoms with van der Waals surface area (Å²) in [7, 11) is -3.44. The van der Waals surface area contributed by atoms with Crippen LogP contribution in [0, 0.1) is 0 Å². The number of halogens is 2. The highest BCUT2D eigenvalue weighted by atomic mass is 79.9. The molecule has 1 heterocycles. The van der Waals surface area contributed by atoms with Gasteiger partial charge in [-0.2, -0.15) is 0 Å². The lowest BCUT2D eigenvalue weighted by Gasteiger charge is -2.13. The summed E-state index contributed by atoms with van der Waals surface area (Å²) in [5, 5.41) is 0.370. The van der Waals surface area contributed by atoms with Gasteiger partial charge in [0.05, 0.1) is 22.6 Å². The van der Waals surface area contributed by atoms with Gasteiger partial charge in [0, 0.05) is 11.1 Å². The SMILES string of the molecule is O=S(=O)(CC1CCCO1)Nc1cc(Br)ccc1Cl. The van der Waals surface area contributed by atoms with Gasteiger partial charge in [-0.1, -0.05) is 27.5 Å². The minimum atomic E-state index is -3.44. The lowest BCUT2D eigenvalue weighted by molar-refractivity contribution is 0.127. The molecule has 0 spiro atoms. The van der Waals surface area contributed by atoms with Crippen molar-refractivity contribution in [3.05, 3.63) is 27.7 Å². The molecule has 1 atom stereocenters. The highest BCUT2D eigenvalue weighted by Gasteiger charge is 2.23. The standard InChI is InChI=1S/C11H13BrClNO3S/c12-8-3-4-10(13)11(6-8)14-18(15,16)7-9-2-1-5-17-9/h3-4,6,9,14H,1-2,5,7H2. The number of hydrogen-bond acceptors (Lipinski definition) is 3. The van der Waals surface area contributed by atoms with Crippen LogP contribution in [0.1, 0.15) is 12.8 Å². The Morgan fingerprint density at radius 1 is 1.50 bits per heavy atom. The summed E-state index contributed by atoms with van der Waals surface area (Å²) in [5.41, 5.74) is 0.379. The van der Waals surface area contributed by atoms with Gasteiger partial charge in [0.2, 0.25) is 10.0 Å². The van der Waals surface area contributed by atoms with Gasteiger partial charge in [-0.05, 0) is 31.0 Å². The first kappa shape index (κ1) is 14.1. The molecule has 0 radical (unpaired) electrons. The van der Waals surface area contributed by atoms with Crippen molar-refractivity contribution in [2.24, 2.45) is 0 Å². The first-order chi connectivity index (χ1) is 8.46. The lowest BCUT2D eigenvalue weighted by Crippen LogP contribution is -2.25. The Hall–Kier alpha value is -0.300. The molecule has 18 heavy (non-hydrogen) atoms. The third-order valence-electron chi connectivity index (χ3n) is 2.62. The van der Waals surface area contributed by atoms with E-state index in [1.165, 1.54) is 0 Å². The number of nitrogens with one attached hydrogen (secondary N) is 1. The highest BCUT2D eigenvalue weighted by molar-refractivity contribution is 9.10. The van der Waals surface area contributed by atoms with Crippen LogP contribution < -0.4 is 4.72 Å². The molecular formula is C11H13BrClNO3S. The Kier molecular flexibility index (Phi) is 4.53. The number of benzene rings is 1. The molecule has 1 aliphatic rings. The molecule has 1 fully saturated rings. The summed E-state index contributed by atoms with van der Waals surface area (Å²) in [6.07, 6.45) is 1.48. The summed E-state index contributed by atoms with van der Waals surface area (Å²) >= 11 is 9.21. The molecule has 0 aliphatic carbocycles. The molecule has 1 aromatic carbocycles. The zero-order chi connectivity index (χ0) is 13.2. The lowest BCUT2D eigenvalue weighted by atomic mass is 10.3. The van der Waals surface area contributed by atoms with Crippen LogP contribution in [0.15, 0.2) is 22.7 Å². The molecule has 1 aliphatic heterocycles. The zero-order valence-corrected chi connectivity index (χ0v) is 12.7. The van der Waals surface area contributed by atoms with Crippen LogP contribution in [-0.4, -0.2) is 26.9 Å². The van der Waals surface area contributed by atoms with Crippen molar-refractivity contribution < 1.29 is 13.2 Å². The summed E-state index contributed by atoms with van der Waals surface area (Å²) in [5.74, 6) is -0.0319.